The third-order valence-corrected chi connectivity index (χ3v) is 3.02. The monoisotopic (exact) mass is 292 g/mol. The van der Waals surface area contributed by atoms with Gasteiger partial charge in [-0.05, 0) is 13.0 Å². The largest absolute Gasteiger partial charge is 0.503 e. The van der Waals surface area contributed by atoms with E-state index in [1.54, 1.807) is 0 Å². The van der Waals surface area contributed by atoms with Gasteiger partial charge in [-0.15, -0.1) is 0 Å². The highest BCUT2D eigenvalue weighted by Crippen LogP contribution is 2.26. The summed E-state index contributed by atoms with van der Waals surface area (Å²) in [5.74, 6) is -7.34. The van der Waals surface area contributed by atoms with Crippen LogP contribution in [0, 0.1) is 17.5 Å². The first kappa shape index (κ1) is 15.2. The number of thiocarbonyl (C=S) groups is 1. The summed E-state index contributed by atoms with van der Waals surface area (Å²) in [5.41, 5.74) is 4.53. The number of phenolic OH excluding ortho intramolecular Hbond substituents is 1. The average Bonchev–Trinajstić information content (AvgIpc) is 2.37. The van der Waals surface area contributed by atoms with E-state index in [1.165, 1.54) is 14.0 Å². The highest BCUT2D eigenvalue weighted by Gasteiger charge is 2.27. The zero-order valence-electron chi connectivity index (χ0n) is 10.1. The molecule has 0 spiro atoms. The van der Waals surface area contributed by atoms with Crippen LogP contribution in [-0.4, -0.2) is 34.0 Å². The molecule has 19 heavy (non-hydrogen) atoms. The fourth-order valence-electron chi connectivity index (χ4n) is 1.30. The van der Waals surface area contributed by atoms with Crippen molar-refractivity contribution in [1.82, 2.24) is 4.90 Å². The molecule has 1 atom stereocenters. The van der Waals surface area contributed by atoms with Gasteiger partial charge in [-0.2, -0.15) is 4.39 Å². The number of carbonyl (C=O) groups is 1. The molecule has 1 aromatic rings. The zero-order valence-corrected chi connectivity index (χ0v) is 10.9. The molecular formula is C11H11F3N2O2S. The van der Waals surface area contributed by atoms with Crippen LogP contribution in [0.4, 0.5) is 13.2 Å². The summed E-state index contributed by atoms with van der Waals surface area (Å²) in [6.07, 6.45) is 0. The molecule has 104 valence electrons. The number of hydrogen-bond donors (Lipinski definition) is 2. The van der Waals surface area contributed by atoms with Gasteiger partial charge in [0.1, 0.15) is 0 Å². The Kier molecular flexibility index (Phi) is 4.35. The van der Waals surface area contributed by atoms with Crippen LogP contribution in [0.1, 0.15) is 17.3 Å². The van der Waals surface area contributed by atoms with Gasteiger partial charge in [-0.1, -0.05) is 12.2 Å². The standard InChI is InChI=1S/C11H11F3N2O2S/c1-4(10(15)19)16(2)11(18)5-3-6(12)8(14)9(17)7(5)13/h3-4,17H,1-2H3,(H2,15,19). The highest BCUT2D eigenvalue weighted by atomic mass is 32.1. The van der Waals surface area contributed by atoms with Gasteiger partial charge in [0.05, 0.1) is 16.6 Å². The number of hydrogen-bond acceptors (Lipinski definition) is 3. The number of nitrogens with zero attached hydrogens (tertiary/aromatic N) is 1. The van der Waals surface area contributed by atoms with Crippen LogP contribution in [0.3, 0.4) is 0 Å². The molecule has 1 unspecified atom stereocenters. The van der Waals surface area contributed by atoms with Crippen LogP contribution < -0.4 is 5.73 Å². The molecular weight excluding hydrogens is 281 g/mol. The molecule has 1 rings (SSSR count). The summed E-state index contributed by atoms with van der Waals surface area (Å²) in [6.45, 7) is 1.48. The molecule has 0 aromatic heterocycles. The van der Waals surface area contributed by atoms with Crippen LogP contribution in [0.25, 0.3) is 0 Å². The second-order valence-corrected chi connectivity index (χ2v) is 4.35. The second-order valence-electron chi connectivity index (χ2n) is 3.88. The van der Waals surface area contributed by atoms with E-state index in [4.69, 9.17) is 10.8 Å². The molecule has 0 saturated heterocycles. The molecule has 0 aliphatic heterocycles. The van der Waals surface area contributed by atoms with Crippen LogP contribution in [-0.2, 0) is 0 Å². The molecule has 0 aliphatic rings. The fourth-order valence-corrected chi connectivity index (χ4v) is 1.46. The SMILES string of the molecule is CC(C(N)=S)N(C)C(=O)c1cc(F)c(F)c(O)c1F. The van der Waals surface area contributed by atoms with E-state index in [2.05, 4.69) is 12.2 Å². The maximum absolute atomic E-state index is 13.5. The van der Waals surface area contributed by atoms with Gasteiger partial charge in [-0.25, -0.2) is 8.78 Å². The second kappa shape index (κ2) is 5.43. The van der Waals surface area contributed by atoms with E-state index < -0.39 is 40.7 Å². The number of nitrogens with two attached hydrogens (primary N) is 1. The van der Waals surface area contributed by atoms with Crippen molar-refractivity contribution >= 4 is 23.1 Å². The molecule has 0 heterocycles. The Hall–Kier alpha value is -1.83. The van der Waals surface area contributed by atoms with Crippen molar-refractivity contribution in [2.24, 2.45) is 5.73 Å². The first-order chi connectivity index (χ1) is 8.68. The smallest absolute Gasteiger partial charge is 0.257 e. The lowest BCUT2D eigenvalue weighted by atomic mass is 10.1. The predicted octanol–water partition coefficient (Wildman–Crippen LogP) is 1.56. The van der Waals surface area contributed by atoms with Gasteiger partial charge in [0.2, 0.25) is 5.82 Å². The molecule has 0 radical (unpaired) electrons. The third kappa shape index (κ3) is 2.78. The average molecular weight is 292 g/mol. The van der Waals surface area contributed by atoms with Crippen LogP contribution in [0.15, 0.2) is 6.07 Å². The molecule has 4 nitrogen and oxygen atoms in total. The molecule has 3 N–H and O–H groups in total. The van der Waals surface area contributed by atoms with Gasteiger partial charge < -0.3 is 15.7 Å². The number of carbonyl (C=O) groups excluding carboxylic acids is 1. The Bertz CT molecular complexity index is 551. The quantitative estimate of drug-likeness (QED) is 0.655. The summed E-state index contributed by atoms with van der Waals surface area (Å²) in [4.78, 5) is 12.8. The van der Waals surface area contributed by atoms with E-state index in [0.717, 1.165) is 4.90 Å². The lowest BCUT2D eigenvalue weighted by Gasteiger charge is -2.24. The normalized spacial score (nSPS) is 12.1. The zero-order chi connectivity index (χ0) is 14.9. The number of benzene rings is 1. The fraction of sp³-hybridized carbons (Fsp3) is 0.273. The van der Waals surface area contributed by atoms with Gasteiger partial charge in [0.15, 0.2) is 17.4 Å². The maximum Gasteiger partial charge on any atom is 0.257 e. The minimum Gasteiger partial charge on any atom is -0.503 e. The summed E-state index contributed by atoms with van der Waals surface area (Å²) >= 11 is 4.68. The van der Waals surface area contributed by atoms with Gasteiger partial charge in [0, 0.05) is 7.05 Å². The Morgan fingerprint density at radius 1 is 1.42 bits per heavy atom. The first-order valence-corrected chi connectivity index (χ1v) is 5.52. The number of phenols is 1. The molecule has 0 aliphatic carbocycles. The van der Waals surface area contributed by atoms with E-state index in [-0.39, 0.29) is 4.99 Å². The molecule has 0 saturated carbocycles. The van der Waals surface area contributed by atoms with Crippen LogP contribution in [0.2, 0.25) is 0 Å². The molecule has 0 bridgehead atoms. The molecule has 1 amide bonds. The maximum atomic E-state index is 13.5. The van der Waals surface area contributed by atoms with E-state index >= 15 is 0 Å². The van der Waals surface area contributed by atoms with E-state index in [9.17, 15) is 18.0 Å². The highest BCUT2D eigenvalue weighted by molar-refractivity contribution is 7.80. The number of halogens is 3. The Morgan fingerprint density at radius 2 is 1.95 bits per heavy atom. The van der Waals surface area contributed by atoms with Crippen LogP contribution in [0.5, 0.6) is 5.75 Å². The number of amides is 1. The van der Waals surface area contributed by atoms with Crippen molar-refractivity contribution in [1.29, 1.82) is 0 Å². The minimum absolute atomic E-state index is 0.0249. The summed E-state index contributed by atoms with van der Waals surface area (Å²) in [7, 11) is 1.27. The van der Waals surface area contributed by atoms with Crippen molar-refractivity contribution in [3.05, 3.63) is 29.1 Å². The number of aromatic hydroxyl groups is 1. The molecule has 8 heteroatoms. The predicted molar refractivity (Wildman–Crippen MR) is 66.3 cm³/mol. The lowest BCUT2D eigenvalue weighted by Crippen LogP contribution is -2.43. The Morgan fingerprint density at radius 3 is 2.42 bits per heavy atom. The van der Waals surface area contributed by atoms with Crippen molar-refractivity contribution in [3.8, 4) is 5.75 Å². The first-order valence-electron chi connectivity index (χ1n) is 5.11. The topological polar surface area (TPSA) is 66.6 Å². The van der Waals surface area contributed by atoms with Gasteiger partial charge in [0.25, 0.3) is 5.91 Å². The summed E-state index contributed by atoms with van der Waals surface area (Å²) in [5, 5.41) is 9.04. The summed E-state index contributed by atoms with van der Waals surface area (Å²) in [6, 6.07) is -0.340. The van der Waals surface area contributed by atoms with Crippen LogP contribution >= 0.6 is 12.2 Å². The summed E-state index contributed by atoms with van der Waals surface area (Å²) < 4.78 is 39.5. The Balaban J connectivity index is 3.24. The van der Waals surface area contributed by atoms with Crippen molar-refractivity contribution < 1.29 is 23.1 Å². The van der Waals surface area contributed by atoms with Gasteiger partial charge in [-0.3, -0.25) is 4.79 Å². The minimum atomic E-state index is -1.75. The molecule has 1 aromatic carbocycles. The lowest BCUT2D eigenvalue weighted by molar-refractivity contribution is 0.0772. The van der Waals surface area contributed by atoms with Gasteiger partial charge >= 0.3 is 0 Å². The number of rotatable bonds is 3. The van der Waals surface area contributed by atoms with Crippen molar-refractivity contribution in [2.45, 2.75) is 13.0 Å². The van der Waals surface area contributed by atoms with Crippen molar-refractivity contribution in [3.63, 3.8) is 0 Å². The van der Waals surface area contributed by atoms with Crippen molar-refractivity contribution in [2.75, 3.05) is 7.05 Å². The Labute approximate surface area is 112 Å². The number of likely N-dealkylation sites (N-methyl/N-ethyl adjacent to an activating group) is 1. The van der Waals surface area contributed by atoms with E-state index in [1.807, 2.05) is 0 Å². The molecule has 0 fully saturated rings. The third-order valence-electron chi connectivity index (χ3n) is 2.68. The van der Waals surface area contributed by atoms with E-state index in [0.29, 0.717) is 6.07 Å².